The standard InChI is InChI=1S/C20H26N4O2S2/c1-12(17-9-13-6-7-14(17)8-13)21-18(25)11-27-20-24-23-19(28-20)22-15-4-3-5-16(10-15)26-2/h3-5,10,12-14,17H,6-9,11H2,1-2H3,(H,21,25)(H,22,23)/t12-,13+,14+,17+/m1/s1. The van der Waals surface area contributed by atoms with E-state index in [-0.39, 0.29) is 11.9 Å². The first-order chi connectivity index (χ1) is 13.6. The number of thioether (sulfide) groups is 1. The van der Waals surface area contributed by atoms with Crippen molar-refractivity contribution in [2.75, 3.05) is 18.2 Å². The largest absolute Gasteiger partial charge is 0.497 e. The number of carbonyl (C=O) groups excluding carboxylic acids is 1. The molecule has 150 valence electrons. The Bertz CT molecular complexity index is 828. The van der Waals surface area contributed by atoms with Gasteiger partial charge in [-0.3, -0.25) is 4.79 Å². The van der Waals surface area contributed by atoms with Gasteiger partial charge in [-0.15, -0.1) is 10.2 Å². The highest BCUT2D eigenvalue weighted by atomic mass is 32.2. The normalized spacial score (nSPS) is 24.1. The SMILES string of the molecule is COc1cccc(Nc2nnc(SCC(=O)N[C@H](C)[C@@H]3C[C@H]4CC[C@H]3C4)s2)c1. The number of carbonyl (C=O) groups is 1. The van der Waals surface area contributed by atoms with Crippen molar-refractivity contribution in [3.8, 4) is 5.75 Å². The second-order valence-corrected chi connectivity index (χ2v) is 9.91. The molecule has 2 aromatic rings. The molecule has 2 bridgehead atoms. The van der Waals surface area contributed by atoms with E-state index in [0.29, 0.717) is 16.8 Å². The Balaban J connectivity index is 1.24. The molecule has 6 nitrogen and oxygen atoms in total. The first kappa shape index (κ1) is 19.5. The third-order valence-electron chi connectivity index (χ3n) is 5.88. The summed E-state index contributed by atoms with van der Waals surface area (Å²) in [7, 11) is 1.64. The van der Waals surface area contributed by atoms with Gasteiger partial charge in [-0.05, 0) is 56.1 Å². The summed E-state index contributed by atoms with van der Waals surface area (Å²) < 4.78 is 6.01. The van der Waals surface area contributed by atoms with Crippen molar-refractivity contribution in [3.63, 3.8) is 0 Å². The molecule has 4 atom stereocenters. The topological polar surface area (TPSA) is 76.1 Å². The van der Waals surface area contributed by atoms with Crippen molar-refractivity contribution in [3.05, 3.63) is 24.3 Å². The molecule has 1 amide bonds. The third-order valence-corrected chi connectivity index (χ3v) is 7.85. The highest BCUT2D eigenvalue weighted by Gasteiger charge is 2.42. The van der Waals surface area contributed by atoms with E-state index in [1.807, 2.05) is 24.3 Å². The number of hydrogen-bond acceptors (Lipinski definition) is 7. The monoisotopic (exact) mass is 418 g/mol. The first-order valence-corrected chi connectivity index (χ1v) is 11.6. The molecular weight excluding hydrogens is 392 g/mol. The van der Waals surface area contributed by atoms with Crippen LogP contribution in [-0.2, 0) is 4.79 Å². The van der Waals surface area contributed by atoms with Crippen LogP contribution in [0.15, 0.2) is 28.6 Å². The van der Waals surface area contributed by atoms with Crippen molar-refractivity contribution in [2.45, 2.75) is 43.0 Å². The lowest BCUT2D eigenvalue weighted by Crippen LogP contribution is -2.40. The summed E-state index contributed by atoms with van der Waals surface area (Å²) in [5.41, 5.74) is 0.893. The van der Waals surface area contributed by atoms with Gasteiger partial charge in [0, 0.05) is 17.8 Å². The summed E-state index contributed by atoms with van der Waals surface area (Å²) in [6, 6.07) is 7.92. The van der Waals surface area contributed by atoms with Crippen LogP contribution in [0.25, 0.3) is 0 Å². The van der Waals surface area contributed by atoms with Gasteiger partial charge in [0.25, 0.3) is 0 Å². The molecule has 0 saturated heterocycles. The smallest absolute Gasteiger partial charge is 0.230 e. The molecule has 1 heterocycles. The molecule has 2 fully saturated rings. The number of anilines is 2. The van der Waals surface area contributed by atoms with Gasteiger partial charge in [0.1, 0.15) is 5.75 Å². The number of amides is 1. The molecule has 0 radical (unpaired) electrons. The molecule has 2 aliphatic carbocycles. The Morgan fingerprint density at radius 1 is 1.36 bits per heavy atom. The van der Waals surface area contributed by atoms with Gasteiger partial charge in [0.2, 0.25) is 11.0 Å². The molecule has 0 aliphatic heterocycles. The van der Waals surface area contributed by atoms with Crippen molar-refractivity contribution >= 4 is 39.8 Å². The van der Waals surface area contributed by atoms with E-state index >= 15 is 0 Å². The number of ether oxygens (including phenoxy) is 1. The van der Waals surface area contributed by atoms with Crippen LogP contribution >= 0.6 is 23.1 Å². The number of fused-ring (bicyclic) bond motifs is 2. The van der Waals surface area contributed by atoms with E-state index in [4.69, 9.17) is 4.74 Å². The van der Waals surface area contributed by atoms with Gasteiger partial charge in [0.15, 0.2) is 4.34 Å². The van der Waals surface area contributed by atoms with Gasteiger partial charge < -0.3 is 15.4 Å². The zero-order chi connectivity index (χ0) is 19.5. The highest BCUT2D eigenvalue weighted by Crippen LogP contribution is 2.49. The number of rotatable bonds is 8. The number of nitrogens with zero attached hydrogens (tertiary/aromatic N) is 2. The Labute approximate surface area is 173 Å². The van der Waals surface area contributed by atoms with Crippen LogP contribution in [0.4, 0.5) is 10.8 Å². The average molecular weight is 419 g/mol. The second kappa shape index (κ2) is 8.69. The fourth-order valence-electron chi connectivity index (χ4n) is 4.58. The fraction of sp³-hybridized carbons (Fsp3) is 0.550. The van der Waals surface area contributed by atoms with Crippen LogP contribution in [0.3, 0.4) is 0 Å². The Hall–Kier alpha value is -1.80. The molecule has 1 aromatic heterocycles. The van der Waals surface area contributed by atoms with Crippen molar-refractivity contribution in [1.82, 2.24) is 15.5 Å². The maximum absolute atomic E-state index is 12.4. The minimum absolute atomic E-state index is 0.0813. The summed E-state index contributed by atoms with van der Waals surface area (Å²) in [4.78, 5) is 12.4. The maximum Gasteiger partial charge on any atom is 0.230 e. The zero-order valence-electron chi connectivity index (χ0n) is 16.2. The molecular formula is C20H26N4O2S2. The fourth-order valence-corrected chi connectivity index (χ4v) is 6.16. The molecule has 8 heteroatoms. The Morgan fingerprint density at radius 3 is 3.00 bits per heavy atom. The van der Waals surface area contributed by atoms with Crippen LogP contribution in [-0.4, -0.2) is 35.0 Å². The van der Waals surface area contributed by atoms with Gasteiger partial charge in [-0.25, -0.2) is 0 Å². The van der Waals surface area contributed by atoms with Crippen LogP contribution in [0.1, 0.15) is 32.6 Å². The molecule has 2 saturated carbocycles. The lowest BCUT2D eigenvalue weighted by atomic mass is 9.84. The number of benzene rings is 1. The maximum atomic E-state index is 12.4. The molecule has 1 aromatic carbocycles. The molecule has 2 aliphatic rings. The molecule has 28 heavy (non-hydrogen) atoms. The van der Waals surface area contributed by atoms with E-state index in [1.165, 1.54) is 48.8 Å². The summed E-state index contributed by atoms with van der Waals surface area (Å²) in [5.74, 6) is 3.62. The molecule has 0 unspecified atom stereocenters. The highest BCUT2D eigenvalue weighted by molar-refractivity contribution is 8.01. The number of methoxy groups -OCH3 is 1. The molecule has 4 rings (SSSR count). The van der Waals surface area contributed by atoms with Crippen molar-refractivity contribution in [2.24, 2.45) is 17.8 Å². The number of nitrogens with one attached hydrogen (secondary N) is 2. The van der Waals surface area contributed by atoms with Crippen molar-refractivity contribution in [1.29, 1.82) is 0 Å². The second-order valence-electron chi connectivity index (χ2n) is 7.71. The van der Waals surface area contributed by atoms with E-state index in [9.17, 15) is 4.79 Å². The van der Waals surface area contributed by atoms with Gasteiger partial charge in [-0.2, -0.15) is 0 Å². The van der Waals surface area contributed by atoms with E-state index in [0.717, 1.165) is 27.6 Å². The summed E-state index contributed by atoms with van der Waals surface area (Å²) in [6.07, 6.45) is 5.39. The van der Waals surface area contributed by atoms with Crippen molar-refractivity contribution < 1.29 is 9.53 Å². The predicted octanol–water partition coefficient (Wildman–Crippen LogP) is 4.32. The lowest BCUT2D eigenvalue weighted by molar-refractivity contribution is -0.119. The van der Waals surface area contributed by atoms with E-state index < -0.39 is 0 Å². The zero-order valence-corrected chi connectivity index (χ0v) is 17.8. The van der Waals surface area contributed by atoms with Gasteiger partial charge >= 0.3 is 0 Å². The quantitative estimate of drug-likeness (QED) is 0.622. The van der Waals surface area contributed by atoms with E-state index in [1.54, 1.807) is 7.11 Å². The molecule has 0 spiro atoms. The number of hydrogen-bond donors (Lipinski definition) is 2. The van der Waals surface area contributed by atoms with Crippen LogP contribution in [0.5, 0.6) is 5.75 Å². The molecule has 2 N–H and O–H groups in total. The predicted molar refractivity (Wildman–Crippen MR) is 113 cm³/mol. The van der Waals surface area contributed by atoms with Crippen LogP contribution in [0.2, 0.25) is 0 Å². The Kier molecular flexibility index (Phi) is 6.06. The van der Waals surface area contributed by atoms with E-state index in [2.05, 4.69) is 27.8 Å². The summed E-state index contributed by atoms with van der Waals surface area (Å²) in [6.45, 7) is 2.16. The van der Waals surface area contributed by atoms with Gasteiger partial charge in [-0.1, -0.05) is 35.6 Å². The minimum atomic E-state index is 0.0813. The Morgan fingerprint density at radius 2 is 2.25 bits per heavy atom. The lowest BCUT2D eigenvalue weighted by Gasteiger charge is -2.28. The third kappa shape index (κ3) is 4.60. The summed E-state index contributed by atoms with van der Waals surface area (Å²) >= 11 is 2.88. The first-order valence-electron chi connectivity index (χ1n) is 9.77. The summed E-state index contributed by atoms with van der Waals surface area (Å²) in [5, 5.41) is 15.5. The number of aromatic nitrogens is 2. The van der Waals surface area contributed by atoms with Crippen LogP contribution < -0.4 is 15.4 Å². The van der Waals surface area contributed by atoms with Crippen LogP contribution in [0, 0.1) is 17.8 Å². The minimum Gasteiger partial charge on any atom is -0.497 e. The average Bonchev–Trinajstić information content (AvgIpc) is 3.44. The van der Waals surface area contributed by atoms with Gasteiger partial charge in [0.05, 0.1) is 12.9 Å².